The lowest BCUT2D eigenvalue weighted by Crippen LogP contribution is -2.48. The number of nitrogens with zero attached hydrogens (tertiary/aromatic N) is 4. The number of aromatic nitrogens is 2. The number of carbonyl (C=O) groups excluding carboxylic acids is 1. The van der Waals surface area contributed by atoms with Crippen molar-refractivity contribution in [3.63, 3.8) is 0 Å². The highest BCUT2D eigenvalue weighted by Gasteiger charge is 2.32. The number of piperazine rings is 1. The Morgan fingerprint density at radius 2 is 1.70 bits per heavy atom. The van der Waals surface area contributed by atoms with Crippen molar-refractivity contribution < 1.29 is 22.0 Å². The molecular weight excluding hydrogens is 378 g/mol. The van der Waals surface area contributed by atoms with Crippen LogP contribution in [0.3, 0.4) is 0 Å². The van der Waals surface area contributed by atoms with Crippen LogP contribution in [0.15, 0.2) is 35.4 Å². The molecule has 2 heterocycles. The highest BCUT2D eigenvalue weighted by molar-refractivity contribution is 7.89. The zero-order valence-electron chi connectivity index (χ0n) is 15.0. The van der Waals surface area contributed by atoms with E-state index in [4.69, 9.17) is 0 Å². The van der Waals surface area contributed by atoms with Gasteiger partial charge < -0.3 is 4.90 Å². The molecule has 0 saturated carbocycles. The van der Waals surface area contributed by atoms with E-state index in [2.05, 4.69) is 5.10 Å². The molecule has 3 rings (SSSR count). The first kappa shape index (κ1) is 19.4. The van der Waals surface area contributed by atoms with E-state index in [9.17, 15) is 22.0 Å². The maximum absolute atomic E-state index is 12.8. The summed E-state index contributed by atoms with van der Waals surface area (Å²) in [6.07, 6.45) is 0.877. The number of rotatable bonds is 5. The second-order valence-electron chi connectivity index (χ2n) is 6.33. The number of carbonyl (C=O) groups is 1. The molecule has 0 N–H and O–H groups in total. The van der Waals surface area contributed by atoms with Crippen LogP contribution in [0.4, 0.5) is 14.5 Å². The molecule has 1 aromatic carbocycles. The van der Waals surface area contributed by atoms with Crippen LogP contribution in [0.2, 0.25) is 0 Å². The van der Waals surface area contributed by atoms with Crippen LogP contribution < -0.4 is 4.90 Å². The fourth-order valence-electron chi connectivity index (χ4n) is 3.05. The number of aryl methyl sites for hydroxylation is 1. The van der Waals surface area contributed by atoms with E-state index < -0.39 is 16.6 Å². The van der Waals surface area contributed by atoms with Crippen molar-refractivity contribution in [2.75, 3.05) is 31.1 Å². The Hall–Kier alpha value is -2.33. The van der Waals surface area contributed by atoms with Gasteiger partial charge >= 0.3 is 6.55 Å². The van der Waals surface area contributed by atoms with Crippen LogP contribution in [-0.4, -0.2) is 54.5 Å². The van der Waals surface area contributed by atoms with Gasteiger partial charge in [-0.1, -0.05) is 0 Å². The highest BCUT2D eigenvalue weighted by Crippen LogP contribution is 2.24. The molecule has 1 saturated heterocycles. The molecule has 0 atom stereocenters. The molecule has 7 nitrogen and oxygen atoms in total. The predicted molar refractivity (Wildman–Crippen MR) is 95.6 cm³/mol. The molecule has 0 unspecified atom stereocenters. The molecule has 0 bridgehead atoms. The van der Waals surface area contributed by atoms with Crippen molar-refractivity contribution in [1.82, 2.24) is 14.1 Å². The Morgan fingerprint density at radius 1 is 1.11 bits per heavy atom. The van der Waals surface area contributed by atoms with Gasteiger partial charge in [-0.05, 0) is 38.1 Å². The number of hydrogen-bond acceptors (Lipinski definition) is 5. The molecule has 1 fully saturated rings. The van der Waals surface area contributed by atoms with Gasteiger partial charge in [0.2, 0.25) is 10.0 Å². The molecule has 0 spiro atoms. The van der Waals surface area contributed by atoms with Crippen molar-refractivity contribution in [2.24, 2.45) is 0 Å². The number of ketones is 1. The molecule has 0 amide bonds. The summed E-state index contributed by atoms with van der Waals surface area (Å²) in [6.45, 7) is 1.39. The fraction of sp³-hybridized carbons (Fsp3) is 0.412. The van der Waals surface area contributed by atoms with Gasteiger partial charge in [0, 0.05) is 37.4 Å². The number of benzene rings is 1. The molecule has 1 aliphatic heterocycles. The first-order valence-electron chi connectivity index (χ1n) is 8.40. The second-order valence-corrected chi connectivity index (χ2v) is 8.24. The average Bonchev–Trinajstić information content (AvgIpc) is 3.05. The Balaban J connectivity index is 1.72. The van der Waals surface area contributed by atoms with Crippen molar-refractivity contribution in [3.8, 4) is 0 Å². The van der Waals surface area contributed by atoms with Crippen molar-refractivity contribution in [2.45, 2.75) is 25.3 Å². The van der Waals surface area contributed by atoms with Gasteiger partial charge in [0.05, 0.1) is 11.9 Å². The maximum Gasteiger partial charge on any atom is 0.333 e. The summed E-state index contributed by atoms with van der Waals surface area (Å²) in [5.74, 6) is -0.0165. The normalized spacial score (nSPS) is 16.1. The summed E-state index contributed by atoms with van der Waals surface area (Å²) >= 11 is 0. The molecule has 146 valence electrons. The van der Waals surface area contributed by atoms with E-state index in [1.54, 1.807) is 12.1 Å². The molecule has 0 radical (unpaired) electrons. The van der Waals surface area contributed by atoms with Crippen LogP contribution in [0, 0.1) is 6.92 Å². The van der Waals surface area contributed by atoms with Gasteiger partial charge in [-0.15, -0.1) is 0 Å². The Labute approximate surface area is 156 Å². The minimum atomic E-state index is -3.88. The smallest absolute Gasteiger partial charge is 0.333 e. The van der Waals surface area contributed by atoms with Gasteiger partial charge in [-0.3, -0.25) is 4.79 Å². The van der Waals surface area contributed by atoms with E-state index in [-0.39, 0.29) is 29.5 Å². The van der Waals surface area contributed by atoms with Gasteiger partial charge in [-0.25, -0.2) is 13.1 Å². The predicted octanol–water partition coefficient (Wildman–Crippen LogP) is 2.30. The van der Waals surface area contributed by atoms with Crippen molar-refractivity contribution in [1.29, 1.82) is 0 Å². The van der Waals surface area contributed by atoms with Crippen LogP contribution in [-0.2, 0) is 10.0 Å². The summed E-state index contributed by atoms with van der Waals surface area (Å²) in [6, 6.07) is 7.14. The van der Waals surface area contributed by atoms with Crippen LogP contribution in [0.25, 0.3) is 0 Å². The second kappa shape index (κ2) is 7.35. The van der Waals surface area contributed by atoms with Gasteiger partial charge in [0.15, 0.2) is 5.78 Å². The molecule has 1 aliphatic rings. The third-order valence-electron chi connectivity index (χ3n) is 4.57. The molecule has 2 aromatic rings. The quantitative estimate of drug-likeness (QED) is 0.723. The summed E-state index contributed by atoms with van der Waals surface area (Å²) < 4.78 is 52.7. The topological polar surface area (TPSA) is 75.5 Å². The Bertz CT molecular complexity index is 934. The average molecular weight is 398 g/mol. The molecule has 0 aliphatic carbocycles. The Morgan fingerprint density at radius 3 is 2.19 bits per heavy atom. The largest absolute Gasteiger partial charge is 0.369 e. The molecule has 1 aromatic heterocycles. The number of anilines is 1. The first-order chi connectivity index (χ1) is 12.7. The zero-order valence-corrected chi connectivity index (χ0v) is 15.8. The van der Waals surface area contributed by atoms with E-state index in [1.807, 2.05) is 17.0 Å². The lowest BCUT2D eigenvalue weighted by Gasteiger charge is -2.35. The summed E-state index contributed by atoms with van der Waals surface area (Å²) in [4.78, 5) is 13.2. The summed E-state index contributed by atoms with van der Waals surface area (Å²) in [5.41, 5.74) is 1.57. The summed E-state index contributed by atoms with van der Waals surface area (Å²) in [7, 11) is -3.88. The lowest BCUT2D eigenvalue weighted by atomic mass is 10.1. The minimum absolute atomic E-state index is 0.0165. The number of halogens is 2. The number of alkyl halides is 2. The maximum atomic E-state index is 12.8. The lowest BCUT2D eigenvalue weighted by molar-refractivity contribution is 0.0561. The molecule has 10 heteroatoms. The monoisotopic (exact) mass is 398 g/mol. The van der Waals surface area contributed by atoms with Gasteiger partial charge in [0.25, 0.3) is 0 Å². The molecule has 27 heavy (non-hydrogen) atoms. The van der Waals surface area contributed by atoms with Crippen LogP contribution in [0.1, 0.15) is 29.5 Å². The third kappa shape index (κ3) is 3.86. The van der Waals surface area contributed by atoms with E-state index in [0.717, 1.165) is 11.9 Å². The summed E-state index contributed by atoms with van der Waals surface area (Å²) in [5, 5.41) is 3.58. The van der Waals surface area contributed by atoms with Crippen LogP contribution >= 0.6 is 0 Å². The van der Waals surface area contributed by atoms with Crippen molar-refractivity contribution >= 4 is 21.5 Å². The SMILES string of the molecule is CC(=O)c1ccc(N2CCN(S(=O)(=O)c3cn(C(F)F)nc3C)CC2)cc1. The van der Waals surface area contributed by atoms with E-state index in [0.29, 0.717) is 23.3 Å². The van der Waals surface area contributed by atoms with E-state index >= 15 is 0 Å². The standard InChI is InChI=1S/C17H20F2N4O3S/c1-12-16(11-23(20-12)17(18)19)27(25,26)22-9-7-21(8-10-22)15-5-3-14(4-6-15)13(2)24/h3-6,11,17H,7-10H2,1-2H3. The number of sulfonamides is 1. The Kier molecular flexibility index (Phi) is 5.29. The molecular formula is C17H20F2N4O3S. The third-order valence-corrected chi connectivity index (χ3v) is 6.57. The van der Waals surface area contributed by atoms with E-state index in [1.165, 1.54) is 18.2 Å². The fourth-order valence-corrected chi connectivity index (χ4v) is 4.63. The van der Waals surface area contributed by atoms with Crippen molar-refractivity contribution in [3.05, 3.63) is 41.7 Å². The highest BCUT2D eigenvalue weighted by atomic mass is 32.2. The first-order valence-corrected chi connectivity index (χ1v) is 9.84. The van der Waals surface area contributed by atoms with Gasteiger partial charge in [0.1, 0.15) is 4.90 Å². The minimum Gasteiger partial charge on any atom is -0.369 e. The van der Waals surface area contributed by atoms with Crippen LogP contribution in [0.5, 0.6) is 0 Å². The number of hydrogen-bond donors (Lipinski definition) is 0. The number of Topliss-reactive ketones (excluding diaryl/α,β-unsaturated/α-hetero) is 1. The van der Waals surface area contributed by atoms with Gasteiger partial charge in [-0.2, -0.15) is 18.2 Å². The zero-order chi connectivity index (χ0) is 19.8.